The molecular formula is C22H23N3O5S2. The first-order valence-electron chi connectivity index (χ1n) is 10.0. The molecule has 0 bridgehead atoms. The highest BCUT2D eigenvalue weighted by molar-refractivity contribution is 7.92. The first-order valence-corrected chi connectivity index (χ1v) is 13.1. The van der Waals surface area contributed by atoms with Crippen LogP contribution in [0.15, 0.2) is 81.3 Å². The molecule has 2 aromatic carbocycles. The molecule has 3 aromatic rings. The normalized spacial score (nSPS) is 16.8. The van der Waals surface area contributed by atoms with Crippen LogP contribution in [0.25, 0.3) is 0 Å². The SMILES string of the molecule is CCS(=O)(=O)Nc1ccc(C2=NN(S(=O)(=O)c3ccccc3C)C(c3ccco3)C2)cc1. The van der Waals surface area contributed by atoms with Crippen LogP contribution in [0.5, 0.6) is 0 Å². The summed E-state index contributed by atoms with van der Waals surface area (Å²) >= 11 is 0. The van der Waals surface area contributed by atoms with Crippen molar-refractivity contribution in [3.8, 4) is 0 Å². The largest absolute Gasteiger partial charge is 0.467 e. The fraction of sp³-hybridized carbons (Fsp3) is 0.227. The molecule has 0 saturated heterocycles. The van der Waals surface area contributed by atoms with Crippen LogP contribution in [-0.4, -0.2) is 32.7 Å². The summed E-state index contributed by atoms with van der Waals surface area (Å²) < 4.78 is 59.6. The molecule has 1 aromatic heterocycles. The Hall–Kier alpha value is -3.11. The van der Waals surface area contributed by atoms with Crippen LogP contribution >= 0.6 is 0 Å². The highest BCUT2D eigenvalue weighted by Crippen LogP contribution is 2.38. The third-order valence-electron chi connectivity index (χ3n) is 5.23. The van der Waals surface area contributed by atoms with Gasteiger partial charge >= 0.3 is 0 Å². The molecule has 1 unspecified atom stereocenters. The summed E-state index contributed by atoms with van der Waals surface area (Å²) in [5.74, 6) is 0.464. The Morgan fingerprint density at radius 1 is 1.03 bits per heavy atom. The Kier molecular flexibility index (Phi) is 5.83. The van der Waals surface area contributed by atoms with Crippen molar-refractivity contribution >= 4 is 31.4 Å². The van der Waals surface area contributed by atoms with Crippen LogP contribution in [0.1, 0.15) is 36.3 Å². The van der Waals surface area contributed by atoms with E-state index in [2.05, 4.69) is 9.82 Å². The number of hydrazone groups is 1. The van der Waals surface area contributed by atoms with E-state index in [0.717, 1.165) is 4.41 Å². The van der Waals surface area contributed by atoms with Crippen LogP contribution in [0.2, 0.25) is 0 Å². The number of sulfonamides is 2. The van der Waals surface area contributed by atoms with Crippen LogP contribution in [0.3, 0.4) is 0 Å². The minimum atomic E-state index is -3.93. The van der Waals surface area contributed by atoms with Gasteiger partial charge in [0.1, 0.15) is 11.8 Å². The average molecular weight is 474 g/mol. The molecule has 0 saturated carbocycles. The van der Waals surface area contributed by atoms with Gasteiger partial charge in [0.25, 0.3) is 10.0 Å². The summed E-state index contributed by atoms with van der Waals surface area (Å²) in [7, 11) is -7.31. The molecule has 168 valence electrons. The van der Waals surface area contributed by atoms with E-state index < -0.39 is 26.1 Å². The molecular weight excluding hydrogens is 450 g/mol. The minimum Gasteiger partial charge on any atom is -0.467 e. The second kappa shape index (κ2) is 8.44. The van der Waals surface area contributed by atoms with Gasteiger partial charge < -0.3 is 4.42 Å². The monoisotopic (exact) mass is 473 g/mol. The zero-order valence-corrected chi connectivity index (χ0v) is 19.2. The van der Waals surface area contributed by atoms with Crippen molar-refractivity contribution in [3.05, 3.63) is 83.8 Å². The Morgan fingerprint density at radius 2 is 1.75 bits per heavy atom. The topological polar surface area (TPSA) is 109 Å². The summed E-state index contributed by atoms with van der Waals surface area (Å²) in [4.78, 5) is 0.186. The first kappa shape index (κ1) is 22.1. The molecule has 0 fully saturated rings. The number of hydrogen-bond donors (Lipinski definition) is 1. The number of furan rings is 1. The number of aryl methyl sites for hydroxylation is 1. The van der Waals surface area contributed by atoms with Crippen LogP contribution in [0.4, 0.5) is 5.69 Å². The summed E-state index contributed by atoms with van der Waals surface area (Å²) in [6.07, 6.45) is 1.82. The maximum atomic E-state index is 13.5. The Labute approximate surface area is 187 Å². The lowest BCUT2D eigenvalue weighted by Crippen LogP contribution is -2.27. The van der Waals surface area contributed by atoms with Crippen molar-refractivity contribution < 1.29 is 21.3 Å². The van der Waals surface area contributed by atoms with E-state index in [9.17, 15) is 16.8 Å². The Morgan fingerprint density at radius 3 is 2.38 bits per heavy atom. The number of nitrogens with zero attached hydrogens (tertiary/aromatic N) is 2. The van der Waals surface area contributed by atoms with E-state index in [1.165, 1.54) is 6.26 Å². The van der Waals surface area contributed by atoms with Gasteiger partial charge in [0, 0.05) is 12.1 Å². The van der Waals surface area contributed by atoms with E-state index >= 15 is 0 Å². The van der Waals surface area contributed by atoms with Gasteiger partial charge in [-0.2, -0.15) is 17.9 Å². The number of benzene rings is 2. The van der Waals surface area contributed by atoms with Gasteiger partial charge in [-0.15, -0.1) is 0 Å². The number of hydrogen-bond acceptors (Lipinski definition) is 6. The summed E-state index contributed by atoms with van der Waals surface area (Å²) in [6.45, 7) is 3.30. The van der Waals surface area contributed by atoms with E-state index in [0.29, 0.717) is 34.7 Å². The quantitative estimate of drug-likeness (QED) is 0.560. The highest BCUT2D eigenvalue weighted by atomic mass is 32.2. The van der Waals surface area contributed by atoms with Crippen molar-refractivity contribution in [1.29, 1.82) is 0 Å². The fourth-order valence-electron chi connectivity index (χ4n) is 3.51. The molecule has 32 heavy (non-hydrogen) atoms. The predicted octanol–water partition coefficient (Wildman–Crippen LogP) is 3.89. The maximum absolute atomic E-state index is 13.5. The van der Waals surface area contributed by atoms with Crippen molar-refractivity contribution in [3.63, 3.8) is 0 Å². The standard InChI is InChI=1S/C22H23N3O5S2/c1-3-31(26,27)24-18-12-10-17(11-13-18)19-15-20(21-8-6-14-30-21)25(23-19)32(28,29)22-9-5-4-7-16(22)2/h4-14,20,24H,3,15H2,1-2H3. The van der Waals surface area contributed by atoms with Crippen molar-refractivity contribution in [2.75, 3.05) is 10.5 Å². The van der Waals surface area contributed by atoms with Gasteiger partial charge in [0.15, 0.2) is 0 Å². The second-order valence-electron chi connectivity index (χ2n) is 7.41. The lowest BCUT2D eigenvalue weighted by molar-refractivity contribution is 0.320. The molecule has 0 aliphatic carbocycles. The van der Waals surface area contributed by atoms with Crippen LogP contribution in [-0.2, 0) is 20.0 Å². The van der Waals surface area contributed by atoms with Crippen molar-refractivity contribution in [2.24, 2.45) is 5.10 Å². The van der Waals surface area contributed by atoms with Crippen molar-refractivity contribution in [2.45, 2.75) is 31.2 Å². The lowest BCUT2D eigenvalue weighted by Gasteiger charge is -2.22. The third-order valence-corrected chi connectivity index (χ3v) is 8.38. The van der Waals surface area contributed by atoms with Gasteiger partial charge in [-0.25, -0.2) is 8.42 Å². The molecule has 1 N–H and O–H groups in total. The molecule has 0 radical (unpaired) electrons. The third kappa shape index (κ3) is 4.28. The predicted molar refractivity (Wildman–Crippen MR) is 122 cm³/mol. The second-order valence-corrected chi connectivity index (χ2v) is 11.2. The zero-order valence-electron chi connectivity index (χ0n) is 17.6. The van der Waals surface area contributed by atoms with Gasteiger partial charge in [-0.1, -0.05) is 30.3 Å². The molecule has 1 aliphatic heterocycles. The summed E-state index contributed by atoms with van der Waals surface area (Å²) in [6, 6.07) is 16.3. The zero-order chi connectivity index (χ0) is 22.9. The molecule has 10 heteroatoms. The smallest absolute Gasteiger partial charge is 0.279 e. The lowest BCUT2D eigenvalue weighted by atomic mass is 10.0. The molecule has 0 spiro atoms. The molecule has 1 atom stereocenters. The first-order chi connectivity index (χ1) is 15.2. The van der Waals surface area contributed by atoms with E-state index in [-0.39, 0.29) is 10.6 Å². The van der Waals surface area contributed by atoms with Crippen molar-refractivity contribution in [1.82, 2.24) is 4.41 Å². The van der Waals surface area contributed by atoms with Gasteiger partial charge in [-0.3, -0.25) is 4.72 Å². The minimum absolute atomic E-state index is 0.0298. The van der Waals surface area contributed by atoms with Crippen LogP contribution < -0.4 is 4.72 Å². The number of rotatable bonds is 7. The molecule has 0 amide bonds. The summed E-state index contributed by atoms with van der Waals surface area (Å²) in [5.41, 5.74) is 2.32. The van der Waals surface area contributed by atoms with E-state index in [4.69, 9.17) is 4.42 Å². The Balaban J connectivity index is 1.71. The van der Waals surface area contributed by atoms with Crippen LogP contribution in [0, 0.1) is 6.92 Å². The molecule has 1 aliphatic rings. The van der Waals surface area contributed by atoms with Gasteiger partial charge in [0.05, 0.1) is 22.6 Å². The molecule has 8 nitrogen and oxygen atoms in total. The average Bonchev–Trinajstić information content (AvgIpc) is 3.44. The molecule has 4 rings (SSSR count). The van der Waals surface area contributed by atoms with Gasteiger partial charge in [-0.05, 0) is 55.3 Å². The summed E-state index contributed by atoms with van der Waals surface area (Å²) in [5, 5.41) is 4.47. The maximum Gasteiger partial charge on any atom is 0.279 e. The Bertz CT molecular complexity index is 1350. The number of anilines is 1. The highest BCUT2D eigenvalue weighted by Gasteiger charge is 2.39. The molecule has 2 heterocycles. The van der Waals surface area contributed by atoms with E-state index in [1.807, 2.05) is 0 Å². The fourth-order valence-corrected chi connectivity index (χ4v) is 5.79. The van der Waals surface area contributed by atoms with E-state index in [1.54, 1.807) is 74.5 Å². The van der Waals surface area contributed by atoms with Gasteiger partial charge in [0.2, 0.25) is 10.0 Å². The number of nitrogens with one attached hydrogen (secondary N) is 1.